The van der Waals surface area contributed by atoms with Crippen LogP contribution in [0.25, 0.3) is 0 Å². The molecule has 1 fully saturated rings. The smallest absolute Gasteiger partial charge is 0.352 e. The van der Waals surface area contributed by atoms with Crippen molar-refractivity contribution in [1.29, 1.82) is 0 Å². The predicted molar refractivity (Wildman–Crippen MR) is 56.4 cm³/mol. The molecule has 7 heteroatoms. The molecule has 0 radical (unpaired) electrons. The van der Waals surface area contributed by atoms with Gasteiger partial charge in [-0.2, -0.15) is 0 Å². The summed E-state index contributed by atoms with van der Waals surface area (Å²) < 4.78 is 0. The first-order valence-corrected chi connectivity index (χ1v) is 5.70. The third-order valence-electron chi connectivity index (χ3n) is 2.61. The van der Waals surface area contributed by atoms with E-state index < -0.39 is 12.0 Å². The van der Waals surface area contributed by atoms with Crippen molar-refractivity contribution in [3.8, 4) is 0 Å². The fraction of sp³-hybridized carbons (Fsp3) is 0.444. The van der Waals surface area contributed by atoms with E-state index in [9.17, 15) is 14.4 Å². The number of hydrogen-bond acceptors (Lipinski definition) is 4. The van der Waals surface area contributed by atoms with E-state index in [0.29, 0.717) is 17.7 Å². The maximum Gasteiger partial charge on any atom is 0.352 e. The number of rotatable bonds is 3. The van der Waals surface area contributed by atoms with Gasteiger partial charge < -0.3 is 10.4 Å². The summed E-state index contributed by atoms with van der Waals surface area (Å²) in [7, 11) is 0. The molecule has 2 aliphatic rings. The molecular formula is C9H10N2O4S. The van der Waals surface area contributed by atoms with Crippen molar-refractivity contribution in [2.24, 2.45) is 0 Å². The van der Waals surface area contributed by atoms with Crippen molar-refractivity contribution >= 4 is 30.0 Å². The maximum absolute atomic E-state index is 11.6. The molecule has 0 saturated carbocycles. The molecule has 86 valence electrons. The number of thioether (sulfide) groups is 1. The molecule has 2 heterocycles. The molecule has 0 aliphatic carbocycles. The first-order chi connectivity index (χ1) is 7.57. The molecule has 2 rings (SSSR count). The Kier molecular flexibility index (Phi) is 2.63. The largest absolute Gasteiger partial charge is 0.477 e. The second kappa shape index (κ2) is 3.82. The first kappa shape index (κ1) is 11.0. The number of β-lactam (4-membered cyclic amide) rings is 1. The van der Waals surface area contributed by atoms with Gasteiger partial charge >= 0.3 is 5.97 Å². The molecule has 1 unspecified atom stereocenters. The highest BCUT2D eigenvalue weighted by Gasteiger charge is 2.52. The molecule has 1 saturated heterocycles. The molecular weight excluding hydrogens is 232 g/mol. The summed E-state index contributed by atoms with van der Waals surface area (Å²) in [5.74, 6) is -0.894. The lowest BCUT2D eigenvalue weighted by Gasteiger charge is -2.48. The second-order valence-corrected chi connectivity index (χ2v) is 4.71. The number of fused-ring (bicyclic) bond motifs is 1. The Labute approximate surface area is 95.7 Å². The normalized spacial score (nSPS) is 28.3. The van der Waals surface area contributed by atoms with Gasteiger partial charge in [0.15, 0.2) is 0 Å². The van der Waals surface area contributed by atoms with Crippen LogP contribution in [0.3, 0.4) is 0 Å². The van der Waals surface area contributed by atoms with Crippen LogP contribution in [-0.4, -0.2) is 45.5 Å². The second-order valence-electron chi connectivity index (χ2n) is 3.61. The van der Waals surface area contributed by atoms with E-state index in [1.165, 1.54) is 16.7 Å². The van der Waals surface area contributed by atoms with E-state index in [1.54, 1.807) is 6.92 Å². The standard InChI is InChI=1S/C9H10N2O4S/c1-4-2-16-8-5(10-3-12)7(13)11(8)6(4)9(14)15/h3,5,8H,2H2,1H3,(H,10,12)(H,14,15)/t5?,8-/m0/s1. The molecule has 0 spiro atoms. The van der Waals surface area contributed by atoms with Crippen LogP contribution in [-0.2, 0) is 14.4 Å². The fourth-order valence-electron chi connectivity index (χ4n) is 1.87. The quantitative estimate of drug-likeness (QED) is 0.508. The average Bonchev–Trinajstić information content (AvgIpc) is 2.25. The lowest BCUT2D eigenvalue weighted by atomic mass is 10.0. The zero-order chi connectivity index (χ0) is 11.9. The zero-order valence-electron chi connectivity index (χ0n) is 8.47. The minimum atomic E-state index is -1.10. The molecule has 2 atom stereocenters. The van der Waals surface area contributed by atoms with Gasteiger partial charge in [-0.3, -0.25) is 14.5 Å². The summed E-state index contributed by atoms with van der Waals surface area (Å²) in [5, 5.41) is 11.1. The number of aliphatic carboxylic acids is 1. The highest BCUT2D eigenvalue weighted by atomic mass is 32.2. The van der Waals surface area contributed by atoms with Crippen LogP contribution >= 0.6 is 11.8 Å². The molecule has 0 aromatic rings. The molecule has 6 nitrogen and oxygen atoms in total. The molecule has 16 heavy (non-hydrogen) atoms. The zero-order valence-corrected chi connectivity index (χ0v) is 9.28. The van der Waals surface area contributed by atoms with E-state index in [0.717, 1.165) is 0 Å². The SMILES string of the molecule is CC1=C(C(=O)O)N2C(=O)C(NC=O)[C@@H]2SC1. The van der Waals surface area contributed by atoms with Gasteiger partial charge in [0, 0.05) is 5.75 Å². The third kappa shape index (κ3) is 1.39. The number of amides is 2. The van der Waals surface area contributed by atoms with Gasteiger partial charge in [-0.15, -0.1) is 11.8 Å². The van der Waals surface area contributed by atoms with Gasteiger partial charge in [-0.05, 0) is 12.5 Å². The van der Waals surface area contributed by atoms with Crippen molar-refractivity contribution in [2.45, 2.75) is 18.3 Å². The third-order valence-corrected chi connectivity index (χ3v) is 4.03. The number of nitrogens with zero attached hydrogens (tertiary/aromatic N) is 1. The Morgan fingerprint density at radius 2 is 2.38 bits per heavy atom. The van der Waals surface area contributed by atoms with Gasteiger partial charge in [0.2, 0.25) is 6.41 Å². The van der Waals surface area contributed by atoms with Crippen molar-refractivity contribution in [3.05, 3.63) is 11.3 Å². The maximum atomic E-state index is 11.6. The Hall–Kier alpha value is -1.50. The van der Waals surface area contributed by atoms with Crippen molar-refractivity contribution in [2.75, 3.05) is 5.75 Å². The van der Waals surface area contributed by atoms with E-state index in [1.807, 2.05) is 0 Å². The molecule has 2 N–H and O–H groups in total. The van der Waals surface area contributed by atoms with E-state index >= 15 is 0 Å². The summed E-state index contributed by atoms with van der Waals surface area (Å²) in [5.41, 5.74) is 0.726. The van der Waals surface area contributed by atoms with E-state index in [2.05, 4.69) is 5.32 Å². The van der Waals surface area contributed by atoms with Crippen LogP contribution in [0, 0.1) is 0 Å². The summed E-state index contributed by atoms with van der Waals surface area (Å²) in [4.78, 5) is 34.2. The van der Waals surface area contributed by atoms with Crippen molar-refractivity contribution in [1.82, 2.24) is 10.2 Å². The molecule has 2 aliphatic heterocycles. The molecule has 0 aromatic carbocycles. The van der Waals surface area contributed by atoms with Gasteiger partial charge in [-0.25, -0.2) is 4.79 Å². The van der Waals surface area contributed by atoms with Crippen LogP contribution in [0.5, 0.6) is 0 Å². The van der Waals surface area contributed by atoms with Gasteiger partial charge in [0.25, 0.3) is 5.91 Å². The topological polar surface area (TPSA) is 86.7 Å². The minimum Gasteiger partial charge on any atom is -0.477 e. The fourth-order valence-corrected chi connectivity index (χ4v) is 3.17. The summed E-state index contributed by atoms with van der Waals surface area (Å²) in [6.45, 7) is 1.69. The lowest BCUT2D eigenvalue weighted by Crippen LogP contribution is -2.69. The summed E-state index contributed by atoms with van der Waals surface area (Å²) >= 11 is 1.46. The molecule has 0 bridgehead atoms. The van der Waals surface area contributed by atoms with Gasteiger partial charge in [0.1, 0.15) is 17.1 Å². The van der Waals surface area contributed by atoms with Crippen LogP contribution in [0.2, 0.25) is 0 Å². The molecule has 0 aromatic heterocycles. The average molecular weight is 242 g/mol. The van der Waals surface area contributed by atoms with Crippen LogP contribution in [0.15, 0.2) is 11.3 Å². The van der Waals surface area contributed by atoms with E-state index in [-0.39, 0.29) is 17.0 Å². The van der Waals surface area contributed by atoms with E-state index in [4.69, 9.17) is 5.11 Å². The van der Waals surface area contributed by atoms with Crippen molar-refractivity contribution < 1.29 is 19.5 Å². The first-order valence-electron chi connectivity index (χ1n) is 4.65. The number of hydrogen-bond donors (Lipinski definition) is 2. The highest BCUT2D eigenvalue weighted by molar-refractivity contribution is 8.00. The molecule has 2 amide bonds. The van der Waals surface area contributed by atoms with Crippen LogP contribution in [0.4, 0.5) is 0 Å². The Bertz CT molecular complexity index is 406. The number of carboxylic acid groups (broad SMARTS) is 1. The number of carboxylic acids is 1. The number of nitrogens with one attached hydrogen (secondary N) is 1. The van der Waals surface area contributed by atoms with Gasteiger partial charge in [-0.1, -0.05) is 0 Å². The van der Waals surface area contributed by atoms with Gasteiger partial charge in [0.05, 0.1) is 0 Å². The summed E-state index contributed by atoms with van der Waals surface area (Å²) in [6.07, 6.45) is 0.464. The summed E-state index contributed by atoms with van der Waals surface area (Å²) in [6, 6.07) is -0.593. The lowest BCUT2D eigenvalue weighted by molar-refractivity contribution is -0.149. The number of carbonyl (C=O) groups is 3. The Morgan fingerprint density at radius 3 is 2.94 bits per heavy atom. The monoisotopic (exact) mass is 242 g/mol. The minimum absolute atomic E-state index is 0.0534. The van der Waals surface area contributed by atoms with Crippen molar-refractivity contribution in [3.63, 3.8) is 0 Å². The highest BCUT2D eigenvalue weighted by Crippen LogP contribution is 2.39. The Morgan fingerprint density at radius 1 is 1.69 bits per heavy atom. The predicted octanol–water partition coefficient (Wildman–Crippen LogP) is -0.625. The van der Waals surface area contributed by atoms with Crippen LogP contribution in [0.1, 0.15) is 6.92 Å². The Balaban J connectivity index is 2.27. The number of carbonyl (C=O) groups excluding carboxylic acids is 2. The van der Waals surface area contributed by atoms with Crippen LogP contribution < -0.4 is 5.32 Å².